The van der Waals surface area contributed by atoms with Crippen molar-refractivity contribution in [2.24, 2.45) is 12.0 Å². The summed E-state index contributed by atoms with van der Waals surface area (Å²) in [5.41, 5.74) is 1.28. The summed E-state index contributed by atoms with van der Waals surface area (Å²) in [6, 6.07) is 0. The largest absolute Gasteiger partial charge is 0.357 e. The van der Waals surface area contributed by atoms with E-state index in [9.17, 15) is 0 Å². The molecule has 1 aromatic rings. The smallest absolute Gasteiger partial charge is 0.191 e. The zero-order valence-electron chi connectivity index (χ0n) is 13.6. The molecule has 0 amide bonds. The van der Waals surface area contributed by atoms with E-state index in [-0.39, 0.29) is 0 Å². The van der Waals surface area contributed by atoms with Crippen LogP contribution in [-0.4, -0.2) is 47.4 Å². The number of aryl methyl sites for hydroxylation is 2. The second-order valence-electron chi connectivity index (χ2n) is 5.01. The second kappa shape index (κ2) is 11.5. The number of unbranched alkanes of at least 4 members (excludes halogenated alkanes) is 1. The Kier molecular flexibility index (Phi) is 9.78. The van der Waals surface area contributed by atoms with Crippen LogP contribution in [0.3, 0.4) is 0 Å². The highest BCUT2D eigenvalue weighted by Gasteiger charge is 1.98. The number of rotatable bonds is 10. The SMILES string of the molecule is CCNC(=NCCCc1cnn(C)c1)NCCCCSC. The molecule has 0 aromatic carbocycles. The lowest BCUT2D eigenvalue weighted by atomic mass is 10.2. The van der Waals surface area contributed by atoms with Crippen molar-refractivity contribution < 1.29 is 0 Å². The van der Waals surface area contributed by atoms with Gasteiger partial charge in [0, 0.05) is 32.9 Å². The zero-order valence-corrected chi connectivity index (χ0v) is 14.4. The minimum atomic E-state index is 0.842. The average Bonchev–Trinajstić information content (AvgIpc) is 2.88. The fraction of sp³-hybridized carbons (Fsp3) is 0.733. The van der Waals surface area contributed by atoms with Crippen LogP contribution < -0.4 is 10.6 Å². The van der Waals surface area contributed by atoms with Crippen molar-refractivity contribution in [2.45, 2.75) is 32.6 Å². The van der Waals surface area contributed by atoms with Crippen LogP contribution in [0, 0.1) is 0 Å². The van der Waals surface area contributed by atoms with E-state index in [2.05, 4.69) is 40.1 Å². The summed E-state index contributed by atoms with van der Waals surface area (Å²) in [6.07, 6.45) is 10.7. The lowest BCUT2D eigenvalue weighted by Gasteiger charge is -2.10. The van der Waals surface area contributed by atoms with E-state index in [4.69, 9.17) is 0 Å². The fourth-order valence-electron chi connectivity index (χ4n) is 1.99. The van der Waals surface area contributed by atoms with E-state index >= 15 is 0 Å². The molecule has 0 bridgehead atoms. The van der Waals surface area contributed by atoms with E-state index in [1.54, 1.807) is 0 Å². The number of aromatic nitrogens is 2. The monoisotopic (exact) mass is 311 g/mol. The van der Waals surface area contributed by atoms with Crippen LogP contribution in [0.15, 0.2) is 17.4 Å². The van der Waals surface area contributed by atoms with Crippen LogP contribution in [0.25, 0.3) is 0 Å². The third kappa shape index (κ3) is 8.65. The van der Waals surface area contributed by atoms with Gasteiger partial charge >= 0.3 is 0 Å². The second-order valence-corrected chi connectivity index (χ2v) is 6.00. The number of nitrogens with one attached hydrogen (secondary N) is 2. The minimum absolute atomic E-state index is 0.842. The maximum absolute atomic E-state index is 4.62. The van der Waals surface area contributed by atoms with E-state index in [0.717, 1.165) is 38.4 Å². The Bertz CT molecular complexity index is 403. The van der Waals surface area contributed by atoms with Crippen molar-refractivity contribution in [3.63, 3.8) is 0 Å². The highest BCUT2D eigenvalue weighted by atomic mass is 32.2. The molecule has 6 heteroatoms. The first-order valence-corrected chi connectivity index (χ1v) is 9.14. The summed E-state index contributed by atoms with van der Waals surface area (Å²) >= 11 is 1.91. The van der Waals surface area contributed by atoms with E-state index < -0.39 is 0 Å². The van der Waals surface area contributed by atoms with Gasteiger partial charge in [-0.2, -0.15) is 16.9 Å². The predicted octanol–water partition coefficient (Wildman–Crippen LogP) is 2.05. The molecule has 0 fully saturated rings. The van der Waals surface area contributed by atoms with Gasteiger partial charge in [-0.05, 0) is 50.2 Å². The van der Waals surface area contributed by atoms with Gasteiger partial charge in [0.2, 0.25) is 0 Å². The molecule has 1 heterocycles. The Morgan fingerprint density at radius 1 is 1.33 bits per heavy atom. The van der Waals surface area contributed by atoms with Gasteiger partial charge in [0.1, 0.15) is 0 Å². The molecular formula is C15H29N5S. The minimum Gasteiger partial charge on any atom is -0.357 e. The highest BCUT2D eigenvalue weighted by Crippen LogP contribution is 2.01. The van der Waals surface area contributed by atoms with Crippen LogP contribution in [0.4, 0.5) is 0 Å². The molecule has 120 valence electrons. The standard InChI is InChI=1S/C15H29N5S/c1-4-16-15(17-9-5-6-11-21-3)18-10-7-8-14-12-19-20(2)13-14/h12-13H,4-11H2,1-3H3,(H2,16,17,18). The van der Waals surface area contributed by atoms with Crippen LogP contribution in [0.1, 0.15) is 31.7 Å². The summed E-state index contributed by atoms with van der Waals surface area (Å²) in [5.74, 6) is 2.17. The molecule has 0 aliphatic rings. The number of aliphatic imine (C=N–C) groups is 1. The van der Waals surface area contributed by atoms with E-state index in [1.807, 2.05) is 29.7 Å². The first kappa shape index (κ1) is 17.9. The average molecular weight is 311 g/mol. The Balaban J connectivity index is 2.20. The quantitative estimate of drug-likeness (QED) is 0.394. The van der Waals surface area contributed by atoms with Crippen LogP contribution in [-0.2, 0) is 13.5 Å². The molecule has 1 aromatic heterocycles. The molecule has 1 rings (SSSR count). The van der Waals surface area contributed by atoms with Crippen LogP contribution in [0.5, 0.6) is 0 Å². The van der Waals surface area contributed by atoms with Gasteiger partial charge in [0.25, 0.3) is 0 Å². The first-order valence-electron chi connectivity index (χ1n) is 7.75. The van der Waals surface area contributed by atoms with Gasteiger partial charge in [-0.15, -0.1) is 0 Å². The molecule has 0 radical (unpaired) electrons. The van der Waals surface area contributed by atoms with Crippen molar-refractivity contribution in [1.29, 1.82) is 0 Å². The molecule has 0 unspecified atom stereocenters. The molecule has 0 aliphatic carbocycles. The lowest BCUT2D eigenvalue weighted by molar-refractivity contribution is 0.729. The maximum Gasteiger partial charge on any atom is 0.191 e. The maximum atomic E-state index is 4.62. The highest BCUT2D eigenvalue weighted by molar-refractivity contribution is 7.98. The number of thioether (sulfide) groups is 1. The lowest BCUT2D eigenvalue weighted by Crippen LogP contribution is -2.37. The summed E-state index contributed by atoms with van der Waals surface area (Å²) in [5, 5.41) is 10.9. The summed E-state index contributed by atoms with van der Waals surface area (Å²) in [6.45, 7) is 4.84. The Morgan fingerprint density at radius 2 is 2.19 bits per heavy atom. The Hall–Kier alpha value is -1.17. The number of nitrogens with zero attached hydrogens (tertiary/aromatic N) is 3. The van der Waals surface area contributed by atoms with Gasteiger partial charge in [-0.25, -0.2) is 0 Å². The number of guanidine groups is 1. The molecule has 5 nitrogen and oxygen atoms in total. The molecule has 21 heavy (non-hydrogen) atoms. The van der Waals surface area contributed by atoms with Gasteiger partial charge in [0.15, 0.2) is 5.96 Å². The number of hydrogen-bond acceptors (Lipinski definition) is 3. The van der Waals surface area contributed by atoms with Crippen molar-refractivity contribution in [2.75, 3.05) is 31.6 Å². The van der Waals surface area contributed by atoms with Crippen molar-refractivity contribution in [3.05, 3.63) is 18.0 Å². The fourth-order valence-corrected chi connectivity index (χ4v) is 2.49. The third-order valence-corrected chi connectivity index (χ3v) is 3.76. The zero-order chi connectivity index (χ0) is 15.3. The molecular weight excluding hydrogens is 282 g/mol. The molecule has 0 aliphatic heterocycles. The Morgan fingerprint density at radius 3 is 2.86 bits per heavy atom. The third-order valence-electron chi connectivity index (χ3n) is 3.06. The van der Waals surface area contributed by atoms with Crippen LogP contribution in [0.2, 0.25) is 0 Å². The molecule has 0 spiro atoms. The van der Waals surface area contributed by atoms with Crippen molar-refractivity contribution in [1.82, 2.24) is 20.4 Å². The molecule has 0 saturated carbocycles. The molecule has 0 saturated heterocycles. The van der Waals surface area contributed by atoms with Crippen molar-refractivity contribution in [3.8, 4) is 0 Å². The van der Waals surface area contributed by atoms with Crippen LogP contribution >= 0.6 is 11.8 Å². The molecule has 0 atom stereocenters. The first-order chi connectivity index (χ1) is 10.3. The van der Waals surface area contributed by atoms with Gasteiger partial charge in [0.05, 0.1) is 6.20 Å². The van der Waals surface area contributed by atoms with Crippen molar-refractivity contribution >= 4 is 17.7 Å². The van der Waals surface area contributed by atoms with Gasteiger partial charge < -0.3 is 10.6 Å². The van der Waals surface area contributed by atoms with E-state index in [0.29, 0.717) is 0 Å². The van der Waals surface area contributed by atoms with Gasteiger partial charge in [-0.1, -0.05) is 0 Å². The van der Waals surface area contributed by atoms with Gasteiger partial charge in [-0.3, -0.25) is 9.67 Å². The molecule has 2 N–H and O–H groups in total. The predicted molar refractivity (Wildman–Crippen MR) is 93.1 cm³/mol. The topological polar surface area (TPSA) is 54.2 Å². The summed E-state index contributed by atoms with van der Waals surface area (Å²) in [4.78, 5) is 4.62. The summed E-state index contributed by atoms with van der Waals surface area (Å²) < 4.78 is 1.85. The number of hydrogen-bond donors (Lipinski definition) is 2. The summed E-state index contributed by atoms with van der Waals surface area (Å²) in [7, 11) is 1.95. The Labute approximate surface area is 133 Å². The van der Waals surface area contributed by atoms with E-state index in [1.165, 1.54) is 24.2 Å². The normalized spacial score (nSPS) is 11.7.